The number of nitrogens with zero attached hydrogens (tertiary/aromatic N) is 3. The number of rotatable bonds is 3. The highest BCUT2D eigenvalue weighted by molar-refractivity contribution is 5.46. The number of fused-ring (bicyclic) bond motifs is 3. The van der Waals surface area contributed by atoms with E-state index in [1.54, 1.807) is 16.7 Å². The topological polar surface area (TPSA) is 49.6 Å². The molecule has 0 saturated carbocycles. The minimum Gasteiger partial charge on any atom is -0.311 e. The van der Waals surface area contributed by atoms with E-state index in [1.165, 1.54) is 25.7 Å². The Labute approximate surface area is 136 Å². The summed E-state index contributed by atoms with van der Waals surface area (Å²) in [4.78, 5) is 19.4. The molecule has 2 fully saturated rings. The van der Waals surface area contributed by atoms with E-state index in [0.29, 0.717) is 18.1 Å². The summed E-state index contributed by atoms with van der Waals surface area (Å²) in [7, 11) is 2.16. The van der Waals surface area contributed by atoms with Gasteiger partial charge in [-0.1, -0.05) is 6.07 Å². The van der Waals surface area contributed by atoms with Crippen molar-refractivity contribution in [1.82, 2.24) is 19.6 Å². The quantitative estimate of drug-likeness (QED) is 0.937. The van der Waals surface area contributed by atoms with Gasteiger partial charge in [-0.25, -0.2) is 4.98 Å². The summed E-state index contributed by atoms with van der Waals surface area (Å²) in [5, 5.41) is 3.68. The first-order chi connectivity index (χ1) is 11.1. The largest absolute Gasteiger partial charge is 0.311 e. The predicted octanol–water partition coefficient (Wildman–Crippen LogP) is 1.72. The first kappa shape index (κ1) is 14.8. The second kappa shape index (κ2) is 5.73. The maximum absolute atomic E-state index is 12.3. The van der Waals surface area contributed by atoms with E-state index in [4.69, 9.17) is 4.98 Å². The van der Waals surface area contributed by atoms with E-state index in [1.807, 2.05) is 19.1 Å². The minimum absolute atomic E-state index is 0.00693. The molecule has 1 N–H and O–H groups in total. The van der Waals surface area contributed by atoms with E-state index in [2.05, 4.69) is 17.3 Å². The zero-order valence-corrected chi connectivity index (χ0v) is 13.8. The van der Waals surface area contributed by atoms with E-state index >= 15 is 0 Å². The molecule has 2 saturated heterocycles. The minimum atomic E-state index is 0.00693. The fraction of sp³-hybridized carbons (Fsp3) is 0.556. The second-order valence-corrected chi connectivity index (χ2v) is 7.15. The fourth-order valence-electron chi connectivity index (χ4n) is 4.16. The standard InChI is InChI=1S/C18H24N4O/c1-12-4-3-7-22-17(23)10-15(20-18(12)22)11-21(2)16-8-13-5-6-14(9-16)19-13/h3-4,7,10,13-14,16,19H,5-6,8-9,11H2,1-2H3. The van der Waals surface area contributed by atoms with Crippen molar-refractivity contribution in [1.29, 1.82) is 0 Å². The fourth-order valence-corrected chi connectivity index (χ4v) is 4.16. The van der Waals surface area contributed by atoms with Crippen LogP contribution in [-0.4, -0.2) is 39.5 Å². The number of piperidine rings is 1. The predicted molar refractivity (Wildman–Crippen MR) is 90.6 cm³/mol. The maximum atomic E-state index is 12.3. The Hall–Kier alpha value is -1.72. The molecular formula is C18H24N4O. The van der Waals surface area contributed by atoms with Crippen LogP contribution in [0.3, 0.4) is 0 Å². The first-order valence-electron chi connectivity index (χ1n) is 8.54. The van der Waals surface area contributed by atoms with Gasteiger partial charge >= 0.3 is 0 Å². The van der Waals surface area contributed by atoms with Gasteiger partial charge in [-0.05, 0) is 51.3 Å². The molecule has 2 aliphatic heterocycles. The monoisotopic (exact) mass is 312 g/mol. The Bertz CT molecular complexity index is 772. The van der Waals surface area contributed by atoms with Gasteiger partial charge in [0.05, 0.1) is 5.69 Å². The van der Waals surface area contributed by atoms with Gasteiger partial charge in [-0.3, -0.25) is 14.1 Å². The van der Waals surface area contributed by atoms with Crippen LogP contribution in [0, 0.1) is 6.92 Å². The van der Waals surface area contributed by atoms with Crippen LogP contribution in [0.15, 0.2) is 29.2 Å². The lowest BCUT2D eigenvalue weighted by atomic mass is 9.98. The molecule has 2 unspecified atom stereocenters. The molecule has 2 aromatic heterocycles. The smallest absolute Gasteiger partial charge is 0.258 e. The number of aryl methyl sites for hydroxylation is 1. The highest BCUT2D eigenvalue weighted by atomic mass is 16.1. The Kier molecular flexibility index (Phi) is 3.70. The number of pyridine rings is 1. The third kappa shape index (κ3) is 2.79. The van der Waals surface area contributed by atoms with Crippen LogP contribution < -0.4 is 10.9 Å². The molecule has 2 aromatic rings. The summed E-state index contributed by atoms with van der Waals surface area (Å²) in [6.45, 7) is 2.74. The maximum Gasteiger partial charge on any atom is 0.258 e. The molecule has 0 spiro atoms. The van der Waals surface area contributed by atoms with Gasteiger partial charge in [0.25, 0.3) is 5.56 Å². The molecule has 0 aliphatic carbocycles. The van der Waals surface area contributed by atoms with Gasteiger partial charge in [0.2, 0.25) is 0 Å². The van der Waals surface area contributed by atoms with Crippen molar-refractivity contribution in [2.75, 3.05) is 7.05 Å². The highest BCUT2D eigenvalue weighted by Crippen LogP contribution is 2.29. The molecule has 4 rings (SSSR count). The number of aromatic nitrogens is 2. The summed E-state index contributed by atoms with van der Waals surface area (Å²) in [6, 6.07) is 7.52. The summed E-state index contributed by atoms with van der Waals surface area (Å²) in [5.41, 5.74) is 2.69. The Balaban J connectivity index is 1.57. The average molecular weight is 312 g/mol. The van der Waals surface area contributed by atoms with Crippen molar-refractivity contribution < 1.29 is 0 Å². The molecule has 2 bridgehead atoms. The summed E-state index contributed by atoms with van der Waals surface area (Å²) < 4.78 is 1.63. The third-order valence-corrected chi connectivity index (χ3v) is 5.42. The van der Waals surface area contributed by atoms with Crippen LogP contribution in [0.1, 0.15) is 36.9 Å². The van der Waals surface area contributed by atoms with Crippen LogP contribution in [-0.2, 0) is 6.54 Å². The Morgan fingerprint density at radius 2 is 2.09 bits per heavy atom. The lowest BCUT2D eigenvalue weighted by molar-refractivity contribution is 0.164. The van der Waals surface area contributed by atoms with Crippen molar-refractivity contribution in [3.8, 4) is 0 Å². The van der Waals surface area contributed by atoms with Crippen LogP contribution in [0.5, 0.6) is 0 Å². The molecular weight excluding hydrogens is 288 g/mol. The lowest BCUT2D eigenvalue weighted by Gasteiger charge is -2.35. The van der Waals surface area contributed by atoms with Gasteiger partial charge in [0.15, 0.2) is 0 Å². The number of hydrogen-bond donors (Lipinski definition) is 1. The van der Waals surface area contributed by atoms with Gasteiger partial charge in [-0.2, -0.15) is 0 Å². The van der Waals surface area contributed by atoms with Crippen molar-refractivity contribution in [3.05, 3.63) is 46.0 Å². The Morgan fingerprint density at radius 3 is 2.83 bits per heavy atom. The number of nitrogens with one attached hydrogen (secondary N) is 1. The summed E-state index contributed by atoms with van der Waals surface area (Å²) in [5.74, 6) is 0. The molecule has 122 valence electrons. The zero-order chi connectivity index (χ0) is 16.0. The lowest BCUT2D eigenvalue weighted by Crippen LogP contribution is -2.46. The van der Waals surface area contributed by atoms with E-state index < -0.39 is 0 Å². The normalized spacial score (nSPS) is 27.0. The summed E-state index contributed by atoms with van der Waals surface area (Å²) >= 11 is 0. The molecule has 0 amide bonds. The average Bonchev–Trinajstić information content (AvgIpc) is 2.86. The Morgan fingerprint density at radius 1 is 1.35 bits per heavy atom. The number of hydrogen-bond acceptors (Lipinski definition) is 4. The zero-order valence-electron chi connectivity index (χ0n) is 13.8. The van der Waals surface area contributed by atoms with Crippen molar-refractivity contribution in [3.63, 3.8) is 0 Å². The van der Waals surface area contributed by atoms with Crippen molar-refractivity contribution >= 4 is 5.65 Å². The molecule has 5 nitrogen and oxygen atoms in total. The van der Waals surface area contributed by atoms with E-state index in [0.717, 1.165) is 23.4 Å². The first-order valence-corrected chi connectivity index (χ1v) is 8.54. The van der Waals surface area contributed by atoms with Crippen molar-refractivity contribution in [2.45, 2.75) is 57.3 Å². The van der Waals surface area contributed by atoms with Crippen LogP contribution >= 0.6 is 0 Å². The molecule has 2 atom stereocenters. The van der Waals surface area contributed by atoms with Crippen molar-refractivity contribution in [2.24, 2.45) is 0 Å². The van der Waals surface area contributed by atoms with E-state index in [9.17, 15) is 4.79 Å². The highest BCUT2D eigenvalue weighted by Gasteiger charge is 2.35. The SMILES string of the molecule is Cc1cccn2c(=O)cc(CN(C)C3CC4CCC(C3)N4)nc12. The second-order valence-electron chi connectivity index (χ2n) is 7.15. The summed E-state index contributed by atoms with van der Waals surface area (Å²) in [6.07, 6.45) is 6.82. The molecule has 0 aromatic carbocycles. The molecule has 2 aliphatic rings. The molecule has 4 heterocycles. The molecule has 23 heavy (non-hydrogen) atoms. The van der Waals surface area contributed by atoms with Crippen LogP contribution in [0.2, 0.25) is 0 Å². The third-order valence-electron chi connectivity index (χ3n) is 5.42. The molecule has 0 radical (unpaired) electrons. The van der Waals surface area contributed by atoms with E-state index in [-0.39, 0.29) is 5.56 Å². The van der Waals surface area contributed by atoms with Gasteiger partial charge in [-0.15, -0.1) is 0 Å². The van der Waals surface area contributed by atoms with Gasteiger partial charge in [0.1, 0.15) is 5.65 Å². The van der Waals surface area contributed by atoms with Crippen LogP contribution in [0.4, 0.5) is 0 Å². The van der Waals surface area contributed by atoms with Gasteiger partial charge in [0, 0.05) is 36.9 Å². The molecule has 5 heteroatoms. The van der Waals surface area contributed by atoms with Crippen LogP contribution in [0.25, 0.3) is 5.65 Å². The van der Waals surface area contributed by atoms with Gasteiger partial charge < -0.3 is 5.32 Å².